The highest BCUT2D eigenvalue weighted by molar-refractivity contribution is 5.80. The third kappa shape index (κ3) is 2.57. The average Bonchev–Trinajstić information content (AvgIpc) is 2.73. The summed E-state index contributed by atoms with van der Waals surface area (Å²) in [7, 11) is 1.47. The maximum atomic E-state index is 13.8. The molecule has 4 nitrogen and oxygen atoms in total. The molecule has 0 atom stereocenters. The second kappa shape index (κ2) is 5.20. The summed E-state index contributed by atoms with van der Waals surface area (Å²) in [6.45, 7) is 3.13. The minimum atomic E-state index is -0.404. The van der Waals surface area contributed by atoms with Gasteiger partial charge in [-0.15, -0.1) is 0 Å². The van der Waals surface area contributed by atoms with Gasteiger partial charge in [0.1, 0.15) is 0 Å². The van der Waals surface area contributed by atoms with Gasteiger partial charge in [-0.05, 0) is 18.3 Å². The lowest BCUT2D eigenvalue weighted by Gasteiger charge is -2.34. The summed E-state index contributed by atoms with van der Waals surface area (Å²) in [4.78, 5) is 4.29. The Balaban J connectivity index is 2.03. The SMILES string of the molecule is COc1cc2c(cc1F)nc(N)n2CC1(C)CCCCC1. The molecule has 1 saturated carbocycles. The minimum absolute atomic E-state index is 0.234. The quantitative estimate of drug-likeness (QED) is 0.937. The standard InChI is InChI=1S/C16H22FN3O/c1-16(6-4-3-5-7-16)10-20-13-9-14(21-2)11(17)8-12(13)19-15(20)18/h8-9H,3-7,10H2,1-2H3,(H2,18,19). The van der Waals surface area contributed by atoms with Crippen LogP contribution in [0.1, 0.15) is 39.0 Å². The molecule has 2 N–H and O–H groups in total. The van der Waals surface area contributed by atoms with Gasteiger partial charge in [-0.3, -0.25) is 0 Å². The van der Waals surface area contributed by atoms with Crippen LogP contribution < -0.4 is 10.5 Å². The summed E-state index contributed by atoms with van der Waals surface area (Å²) in [6, 6.07) is 3.09. The van der Waals surface area contributed by atoms with Crippen LogP contribution in [-0.4, -0.2) is 16.7 Å². The zero-order valence-corrected chi connectivity index (χ0v) is 12.7. The largest absolute Gasteiger partial charge is 0.494 e. The number of fused-ring (bicyclic) bond motifs is 1. The molecule has 3 rings (SSSR count). The van der Waals surface area contributed by atoms with Gasteiger partial charge in [-0.1, -0.05) is 26.2 Å². The Morgan fingerprint density at radius 2 is 2.05 bits per heavy atom. The van der Waals surface area contributed by atoms with E-state index in [1.54, 1.807) is 6.07 Å². The normalized spacial score (nSPS) is 18.0. The summed E-state index contributed by atoms with van der Waals surface area (Å²) in [5.41, 5.74) is 7.73. The van der Waals surface area contributed by atoms with Gasteiger partial charge in [0, 0.05) is 18.7 Å². The number of aromatic nitrogens is 2. The lowest BCUT2D eigenvalue weighted by atomic mass is 9.75. The molecule has 1 aliphatic carbocycles. The molecule has 0 spiro atoms. The fourth-order valence-electron chi connectivity index (χ4n) is 3.41. The predicted octanol–water partition coefficient (Wildman–Crippen LogP) is 3.74. The number of ether oxygens (including phenoxy) is 1. The van der Waals surface area contributed by atoms with Gasteiger partial charge in [-0.2, -0.15) is 0 Å². The van der Waals surface area contributed by atoms with Crippen LogP contribution in [0, 0.1) is 11.2 Å². The van der Waals surface area contributed by atoms with E-state index in [0.29, 0.717) is 11.5 Å². The maximum absolute atomic E-state index is 13.8. The first-order chi connectivity index (χ1) is 10.0. The summed E-state index contributed by atoms with van der Waals surface area (Å²) < 4.78 is 20.9. The van der Waals surface area contributed by atoms with Gasteiger partial charge in [-0.25, -0.2) is 9.37 Å². The molecule has 1 aromatic carbocycles. The van der Waals surface area contributed by atoms with E-state index in [4.69, 9.17) is 10.5 Å². The number of nitrogens with zero attached hydrogens (tertiary/aromatic N) is 2. The zero-order chi connectivity index (χ0) is 15.0. The second-order valence-corrected chi connectivity index (χ2v) is 6.40. The van der Waals surface area contributed by atoms with Gasteiger partial charge in [0.15, 0.2) is 11.6 Å². The van der Waals surface area contributed by atoms with Crippen molar-refractivity contribution in [3.63, 3.8) is 0 Å². The highest BCUT2D eigenvalue weighted by Crippen LogP contribution is 2.39. The number of nitrogens with two attached hydrogens (primary N) is 1. The Morgan fingerprint density at radius 3 is 2.71 bits per heavy atom. The van der Waals surface area contributed by atoms with Crippen molar-refractivity contribution in [2.45, 2.75) is 45.6 Å². The van der Waals surface area contributed by atoms with Crippen molar-refractivity contribution in [3.8, 4) is 5.75 Å². The van der Waals surface area contributed by atoms with Gasteiger partial charge >= 0.3 is 0 Å². The van der Waals surface area contributed by atoms with Crippen LogP contribution in [0.3, 0.4) is 0 Å². The molecule has 0 aliphatic heterocycles. The molecule has 114 valence electrons. The Hall–Kier alpha value is -1.78. The highest BCUT2D eigenvalue weighted by atomic mass is 19.1. The van der Waals surface area contributed by atoms with Crippen LogP contribution in [0.15, 0.2) is 12.1 Å². The molecule has 0 amide bonds. The maximum Gasteiger partial charge on any atom is 0.201 e. The van der Waals surface area contributed by atoms with Crippen LogP contribution in [-0.2, 0) is 6.54 Å². The number of methoxy groups -OCH3 is 1. The lowest BCUT2D eigenvalue weighted by molar-refractivity contribution is 0.186. The lowest BCUT2D eigenvalue weighted by Crippen LogP contribution is -2.26. The molecule has 21 heavy (non-hydrogen) atoms. The van der Waals surface area contributed by atoms with Crippen LogP contribution in [0.5, 0.6) is 5.75 Å². The number of anilines is 1. The monoisotopic (exact) mass is 291 g/mol. The van der Waals surface area contributed by atoms with E-state index >= 15 is 0 Å². The summed E-state index contributed by atoms with van der Waals surface area (Å²) in [5.74, 6) is 0.278. The van der Waals surface area contributed by atoms with Crippen LogP contribution >= 0.6 is 0 Å². The summed E-state index contributed by atoms with van der Waals surface area (Å²) in [6.07, 6.45) is 6.24. The Bertz CT molecular complexity index is 659. The summed E-state index contributed by atoms with van der Waals surface area (Å²) >= 11 is 0. The number of halogens is 1. The molecule has 1 fully saturated rings. The van der Waals surface area contributed by atoms with Crippen molar-refractivity contribution in [3.05, 3.63) is 17.9 Å². The molecule has 0 unspecified atom stereocenters. The van der Waals surface area contributed by atoms with Crippen molar-refractivity contribution in [1.82, 2.24) is 9.55 Å². The molecule has 1 aliphatic rings. The first-order valence-corrected chi connectivity index (χ1v) is 7.52. The van der Waals surface area contributed by atoms with Gasteiger partial charge in [0.05, 0.1) is 18.1 Å². The van der Waals surface area contributed by atoms with E-state index in [2.05, 4.69) is 11.9 Å². The predicted molar refractivity (Wildman–Crippen MR) is 81.8 cm³/mol. The summed E-state index contributed by atoms with van der Waals surface area (Å²) in [5, 5.41) is 0. The van der Waals surface area contributed by atoms with E-state index in [1.807, 2.05) is 4.57 Å². The number of rotatable bonds is 3. The van der Waals surface area contributed by atoms with E-state index < -0.39 is 5.82 Å². The third-order valence-corrected chi connectivity index (χ3v) is 4.65. The topological polar surface area (TPSA) is 53.1 Å². The highest BCUT2D eigenvalue weighted by Gasteiger charge is 2.28. The average molecular weight is 291 g/mol. The van der Waals surface area contributed by atoms with Crippen molar-refractivity contribution in [1.29, 1.82) is 0 Å². The number of hydrogen-bond acceptors (Lipinski definition) is 3. The molecule has 2 aromatic rings. The van der Waals surface area contributed by atoms with Crippen molar-refractivity contribution in [2.75, 3.05) is 12.8 Å². The smallest absolute Gasteiger partial charge is 0.201 e. The fraction of sp³-hybridized carbons (Fsp3) is 0.562. The number of benzene rings is 1. The van der Waals surface area contributed by atoms with Gasteiger partial charge in [0.2, 0.25) is 5.95 Å². The van der Waals surface area contributed by atoms with Crippen molar-refractivity contribution < 1.29 is 9.13 Å². The number of imidazole rings is 1. The first kappa shape index (κ1) is 14.2. The minimum Gasteiger partial charge on any atom is -0.494 e. The molecule has 1 heterocycles. The van der Waals surface area contributed by atoms with Gasteiger partial charge in [0.25, 0.3) is 0 Å². The molecular weight excluding hydrogens is 269 g/mol. The third-order valence-electron chi connectivity index (χ3n) is 4.65. The van der Waals surface area contributed by atoms with Gasteiger partial charge < -0.3 is 15.0 Å². The molecular formula is C16H22FN3O. The molecule has 5 heteroatoms. The van der Waals surface area contributed by atoms with E-state index in [0.717, 1.165) is 12.1 Å². The van der Waals surface area contributed by atoms with E-state index in [1.165, 1.54) is 45.3 Å². The number of nitrogen functional groups attached to an aromatic ring is 1. The first-order valence-electron chi connectivity index (χ1n) is 7.52. The van der Waals surface area contributed by atoms with Crippen LogP contribution in [0.2, 0.25) is 0 Å². The van der Waals surface area contributed by atoms with Crippen LogP contribution in [0.4, 0.5) is 10.3 Å². The molecule has 1 aromatic heterocycles. The Morgan fingerprint density at radius 1 is 1.33 bits per heavy atom. The zero-order valence-electron chi connectivity index (χ0n) is 12.7. The van der Waals surface area contributed by atoms with Crippen molar-refractivity contribution >= 4 is 17.0 Å². The Kier molecular flexibility index (Phi) is 3.51. The van der Waals surface area contributed by atoms with E-state index in [-0.39, 0.29) is 11.2 Å². The molecule has 0 saturated heterocycles. The fourth-order valence-corrected chi connectivity index (χ4v) is 3.41. The van der Waals surface area contributed by atoms with E-state index in [9.17, 15) is 4.39 Å². The van der Waals surface area contributed by atoms with Crippen LogP contribution in [0.25, 0.3) is 11.0 Å². The number of hydrogen-bond donors (Lipinski definition) is 1. The van der Waals surface area contributed by atoms with Crippen molar-refractivity contribution in [2.24, 2.45) is 5.41 Å². The second-order valence-electron chi connectivity index (χ2n) is 6.40. The molecule has 0 radical (unpaired) electrons. The molecule has 0 bridgehead atoms. The Labute approximate surface area is 124 Å².